The van der Waals surface area contributed by atoms with E-state index >= 15 is 0 Å². The second-order valence-corrected chi connectivity index (χ2v) is 8.94. The fourth-order valence-corrected chi connectivity index (χ4v) is 2.14. The number of hydrogen-bond acceptors (Lipinski definition) is 5. The number of aliphatic hydroxyl groups excluding tert-OH is 3. The SMILES string of the molecule is C[Si](C)(C)OC1OC[C@@H](O)[C@@H](O)[C@@H]1O. The van der Waals surface area contributed by atoms with Crippen molar-refractivity contribution >= 4 is 8.32 Å². The Morgan fingerprint density at radius 1 is 1.14 bits per heavy atom. The standard InChI is InChI=1S/C8H18O5Si/c1-14(2,3)13-8-7(11)6(10)5(9)4-12-8/h5-11H,4H2,1-3H3/t5-,6-,7+,8?/m1/s1. The van der Waals surface area contributed by atoms with Gasteiger partial charge in [0, 0.05) is 0 Å². The molecule has 0 amide bonds. The summed E-state index contributed by atoms with van der Waals surface area (Å²) in [4.78, 5) is 0. The Morgan fingerprint density at radius 2 is 1.71 bits per heavy atom. The second kappa shape index (κ2) is 4.26. The molecular formula is C8H18O5Si. The Kier molecular flexibility index (Phi) is 3.67. The first-order chi connectivity index (χ1) is 6.31. The van der Waals surface area contributed by atoms with Gasteiger partial charge in [0.25, 0.3) is 0 Å². The summed E-state index contributed by atoms with van der Waals surface area (Å²) < 4.78 is 10.6. The maximum atomic E-state index is 9.53. The number of hydrogen-bond donors (Lipinski definition) is 3. The van der Waals surface area contributed by atoms with Gasteiger partial charge in [-0.3, -0.25) is 0 Å². The highest BCUT2D eigenvalue weighted by Gasteiger charge is 2.39. The van der Waals surface area contributed by atoms with Crippen molar-refractivity contribution in [2.24, 2.45) is 0 Å². The molecule has 4 atom stereocenters. The van der Waals surface area contributed by atoms with Crippen molar-refractivity contribution in [2.45, 2.75) is 44.2 Å². The van der Waals surface area contributed by atoms with Crippen LogP contribution in [-0.4, -0.2) is 54.8 Å². The Morgan fingerprint density at radius 3 is 2.21 bits per heavy atom. The van der Waals surface area contributed by atoms with Crippen LogP contribution in [0.25, 0.3) is 0 Å². The van der Waals surface area contributed by atoms with Crippen LogP contribution in [0.3, 0.4) is 0 Å². The molecule has 0 spiro atoms. The van der Waals surface area contributed by atoms with E-state index in [1.807, 2.05) is 19.6 Å². The molecule has 84 valence electrons. The summed E-state index contributed by atoms with van der Waals surface area (Å²) >= 11 is 0. The smallest absolute Gasteiger partial charge is 0.187 e. The van der Waals surface area contributed by atoms with E-state index in [1.54, 1.807) is 0 Å². The molecule has 14 heavy (non-hydrogen) atoms. The van der Waals surface area contributed by atoms with E-state index in [-0.39, 0.29) is 6.61 Å². The van der Waals surface area contributed by atoms with Gasteiger partial charge in [0.2, 0.25) is 0 Å². The average Bonchev–Trinajstić information content (AvgIpc) is 2.04. The summed E-state index contributed by atoms with van der Waals surface area (Å²) in [6.07, 6.45) is -4.22. The van der Waals surface area contributed by atoms with Crippen molar-refractivity contribution in [3.05, 3.63) is 0 Å². The lowest BCUT2D eigenvalue weighted by atomic mass is 10.1. The first kappa shape index (κ1) is 12.1. The van der Waals surface area contributed by atoms with Gasteiger partial charge < -0.3 is 24.5 Å². The van der Waals surface area contributed by atoms with Crippen molar-refractivity contribution < 1.29 is 24.5 Å². The predicted molar refractivity (Wildman–Crippen MR) is 52.2 cm³/mol. The third-order valence-electron chi connectivity index (χ3n) is 1.92. The summed E-state index contributed by atoms with van der Waals surface area (Å²) in [6.45, 7) is 5.87. The maximum absolute atomic E-state index is 9.53. The first-order valence-electron chi connectivity index (χ1n) is 4.65. The van der Waals surface area contributed by atoms with Crippen LogP contribution in [0.1, 0.15) is 0 Å². The van der Waals surface area contributed by atoms with Gasteiger partial charge in [-0.2, -0.15) is 0 Å². The van der Waals surface area contributed by atoms with E-state index < -0.39 is 32.9 Å². The zero-order valence-electron chi connectivity index (χ0n) is 8.67. The van der Waals surface area contributed by atoms with Crippen LogP contribution in [0, 0.1) is 0 Å². The minimum absolute atomic E-state index is 0.00657. The molecule has 3 N–H and O–H groups in total. The molecule has 0 aliphatic carbocycles. The largest absolute Gasteiger partial charge is 0.391 e. The molecule has 1 heterocycles. The van der Waals surface area contributed by atoms with Gasteiger partial charge in [-0.15, -0.1) is 0 Å². The normalized spacial score (nSPS) is 39.9. The number of rotatable bonds is 2. The molecule has 1 fully saturated rings. The molecular weight excluding hydrogens is 204 g/mol. The molecule has 0 radical (unpaired) electrons. The molecule has 1 rings (SSSR count). The van der Waals surface area contributed by atoms with Crippen LogP contribution in [0.2, 0.25) is 19.6 Å². The summed E-state index contributed by atoms with van der Waals surface area (Å²) in [5, 5.41) is 28.1. The molecule has 1 aliphatic heterocycles. The lowest BCUT2D eigenvalue weighted by molar-refractivity contribution is -0.245. The fourth-order valence-electron chi connectivity index (χ4n) is 1.23. The average molecular weight is 222 g/mol. The molecule has 0 saturated carbocycles. The van der Waals surface area contributed by atoms with E-state index in [9.17, 15) is 15.3 Å². The lowest BCUT2D eigenvalue weighted by Crippen LogP contribution is -2.55. The van der Waals surface area contributed by atoms with Gasteiger partial charge in [0.1, 0.15) is 18.3 Å². The Balaban J connectivity index is 2.55. The maximum Gasteiger partial charge on any atom is 0.187 e. The van der Waals surface area contributed by atoms with Crippen LogP contribution >= 0.6 is 0 Å². The molecule has 1 unspecified atom stereocenters. The van der Waals surface area contributed by atoms with Gasteiger partial charge in [0.15, 0.2) is 14.6 Å². The van der Waals surface area contributed by atoms with Crippen molar-refractivity contribution in [3.63, 3.8) is 0 Å². The zero-order chi connectivity index (χ0) is 10.9. The van der Waals surface area contributed by atoms with E-state index in [2.05, 4.69) is 0 Å². The summed E-state index contributed by atoms with van der Waals surface area (Å²) in [6, 6.07) is 0. The molecule has 0 aromatic rings. The third kappa shape index (κ3) is 3.01. The lowest BCUT2D eigenvalue weighted by Gasteiger charge is -2.37. The molecule has 0 aromatic heterocycles. The van der Waals surface area contributed by atoms with Gasteiger partial charge in [-0.05, 0) is 19.6 Å². The highest BCUT2D eigenvalue weighted by molar-refractivity contribution is 6.69. The molecule has 0 bridgehead atoms. The monoisotopic (exact) mass is 222 g/mol. The molecule has 1 aliphatic rings. The van der Waals surface area contributed by atoms with Crippen LogP contribution in [0.4, 0.5) is 0 Å². The molecule has 5 nitrogen and oxygen atoms in total. The van der Waals surface area contributed by atoms with Crippen molar-refractivity contribution in [2.75, 3.05) is 6.61 Å². The van der Waals surface area contributed by atoms with Crippen LogP contribution in [0.15, 0.2) is 0 Å². The van der Waals surface area contributed by atoms with Crippen LogP contribution < -0.4 is 0 Å². The van der Waals surface area contributed by atoms with Crippen molar-refractivity contribution in [1.82, 2.24) is 0 Å². The van der Waals surface area contributed by atoms with Gasteiger partial charge >= 0.3 is 0 Å². The summed E-state index contributed by atoms with van der Waals surface area (Å²) in [5.74, 6) is 0. The number of aliphatic hydroxyl groups is 3. The minimum Gasteiger partial charge on any atom is -0.391 e. The summed E-state index contributed by atoms with van der Waals surface area (Å²) in [5.41, 5.74) is 0. The predicted octanol–water partition coefficient (Wildman–Crippen LogP) is -0.723. The van der Waals surface area contributed by atoms with E-state index in [4.69, 9.17) is 9.16 Å². The molecule has 0 aromatic carbocycles. The number of ether oxygens (including phenoxy) is 1. The van der Waals surface area contributed by atoms with Gasteiger partial charge in [-0.1, -0.05) is 0 Å². The van der Waals surface area contributed by atoms with Gasteiger partial charge in [0.05, 0.1) is 6.61 Å². The van der Waals surface area contributed by atoms with Crippen molar-refractivity contribution in [3.8, 4) is 0 Å². The van der Waals surface area contributed by atoms with Crippen LogP contribution in [0.5, 0.6) is 0 Å². The zero-order valence-corrected chi connectivity index (χ0v) is 9.67. The van der Waals surface area contributed by atoms with E-state index in [0.29, 0.717) is 0 Å². The molecule has 1 saturated heterocycles. The highest BCUT2D eigenvalue weighted by atomic mass is 28.4. The third-order valence-corrected chi connectivity index (χ3v) is 2.86. The molecule has 6 heteroatoms. The van der Waals surface area contributed by atoms with E-state index in [1.165, 1.54) is 0 Å². The quantitative estimate of drug-likeness (QED) is 0.537. The Labute approximate surface area is 84.4 Å². The topological polar surface area (TPSA) is 79.2 Å². The minimum atomic E-state index is -1.82. The van der Waals surface area contributed by atoms with E-state index in [0.717, 1.165) is 0 Å². The van der Waals surface area contributed by atoms with Crippen molar-refractivity contribution in [1.29, 1.82) is 0 Å². The summed E-state index contributed by atoms with van der Waals surface area (Å²) in [7, 11) is -1.82. The fraction of sp³-hybridized carbons (Fsp3) is 1.00. The highest BCUT2D eigenvalue weighted by Crippen LogP contribution is 2.19. The first-order valence-corrected chi connectivity index (χ1v) is 8.06. The second-order valence-electron chi connectivity index (χ2n) is 4.48. The van der Waals surface area contributed by atoms with Gasteiger partial charge in [-0.25, -0.2) is 0 Å². The Bertz CT molecular complexity index is 193. The Hall–Kier alpha value is 0.0169. The van der Waals surface area contributed by atoms with Crippen LogP contribution in [-0.2, 0) is 9.16 Å².